The van der Waals surface area contributed by atoms with E-state index < -0.39 is 17.3 Å². The fraction of sp³-hybridized carbons (Fsp3) is 0.500. The summed E-state index contributed by atoms with van der Waals surface area (Å²) in [7, 11) is 0. The smallest absolute Gasteiger partial charge is 0.319 e. The molecule has 0 spiro atoms. The number of esters is 1. The molecule has 1 aromatic rings. The van der Waals surface area contributed by atoms with Crippen LogP contribution in [0.4, 0.5) is 0 Å². The van der Waals surface area contributed by atoms with Gasteiger partial charge in [0.15, 0.2) is 0 Å². The summed E-state index contributed by atoms with van der Waals surface area (Å²) in [5.74, 6) is -1.61. The van der Waals surface area contributed by atoms with Crippen LogP contribution >= 0.6 is 15.9 Å². The van der Waals surface area contributed by atoms with Gasteiger partial charge in [0.1, 0.15) is 5.92 Å². The number of hydrogen-bond donors (Lipinski definition) is 1. The molecule has 4 nitrogen and oxygen atoms in total. The molecule has 0 saturated heterocycles. The standard InChI is InChI=1S/C16H22BrNO3/c1-5-21-15(20)13(16(2,3)4)14(19)18-10-11-8-6-7-9-12(11)17/h6-9,13H,5,10H2,1-4H3,(H,18,19). The second-order valence-corrected chi connectivity index (χ2v) is 6.71. The Balaban J connectivity index is 2.78. The van der Waals surface area contributed by atoms with Gasteiger partial charge in [0.25, 0.3) is 0 Å². The highest BCUT2D eigenvalue weighted by atomic mass is 79.9. The van der Waals surface area contributed by atoms with Crippen molar-refractivity contribution in [3.8, 4) is 0 Å². The molecule has 0 aliphatic rings. The molecule has 1 aromatic carbocycles. The van der Waals surface area contributed by atoms with E-state index in [1.807, 2.05) is 45.0 Å². The minimum Gasteiger partial charge on any atom is -0.465 e. The van der Waals surface area contributed by atoms with Crippen molar-refractivity contribution < 1.29 is 14.3 Å². The zero-order valence-corrected chi connectivity index (χ0v) is 14.5. The van der Waals surface area contributed by atoms with E-state index in [4.69, 9.17) is 4.74 Å². The van der Waals surface area contributed by atoms with Crippen molar-refractivity contribution in [3.63, 3.8) is 0 Å². The fourth-order valence-electron chi connectivity index (χ4n) is 2.01. The highest BCUT2D eigenvalue weighted by molar-refractivity contribution is 9.10. The van der Waals surface area contributed by atoms with Crippen LogP contribution in [-0.4, -0.2) is 18.5 Å². The third kappa shape index (κ3) is 5.16. The first-order valence-electron chi connectivity index (χ1n) is 6.95. The number of carbonyl (C=O) groups is 2. The predicted molar refractivity (Wildman–Crippen MR) is 85.6 cm³/mol. The van der Waals surface area contributed by atoms with Crippen molar-refractivity contribution in [1.82, 2.24) is 5.32 Å². The Morgan fingerprint density at radius 3 is 2.43 bits per heavy atom. The Morgan fingerprint density at radius 2 is 1.90 bits per heavy atom. The maximum atomic E-state index is 12.4. The van der Waals surface area contributed by atoms with Crippen molar-refractivity contribution in [2.45, 2.75) is 34.2 Å². The number of benzene rings is 1. The monoisotopic (exact) mass is 355 g/mol. The lowest BCUT2D eigenvalue weighted by atomic mass is 9.80. The largest absolute Gasteiger partial charge is 0.465 e. The van der Waals surface area contributed by atoms with Gasteiger partial charge in [-0.2, -0.15) is 0 Å². The topological polar surface area (TPSA) is 55.4 Å². The Morgan fingerprint density at radius 1 is 1.29 bits per heavy atom. The summed E-state index contributed by atoms with van der Waals surface area (Å²) in [5.41, 5.74) is 0.465. The van der Waals surface area contributed by atoms with Crippen molar-refractivity contribution in [2.24, 2.45) is 11.3 Å². The molecule has 1 atom stereocenters. The highest BCUT2D eigenvalue weighted by Gasteiger charge is 2.38. The van der Waals surface area contributed by atoms with E-state index in [1.165, 1.54) is 0 Å². The molecule has 1 N–H and O–H groups in total. The van der Waals surface area contributed by atoms with Crippen molar-refractivity contribution in [1.29, 1.82) is 0 Å². The number of rotatable bonds is 5. The minimum atomic E-state index is -0.820. The van der Waals surface area contributed by atoms with Gasteiger partial charge < -0.3 is 10.1 Å². The number of ether oxygens (including phenoxy) is 1. The summed E-state index contributed by atoms with van der Waals surface area (Å²) in [5, 5.41) is 2.82. The molecule has 1 unspecified atom stereocenters. The minimum absolute atomic E-state index is 0.267. The van der Waals surface area contributed by atoms with Crippen LogP contribution < -0.4 is 5.32 Å². The normalized spacial score (nSPS) is 12.6. The third-order valence-corrected chi connectivity index (χ3v) is 3.84. The molecule has 21 heavy (non-hydrogen) atoms. The number of halogens is 1. The maximum absolute atomic E-state index is 12.4. The molecule has 0 saturated carbocycles. The number of nitrogens with one attached hydrogen (secondary N) is 1. The van der Waals surface area contributed by atoms with Crippen LogP contribution in [0, 0.1) is 11.3 Å². The number of hydrogen-bond acceptors (Lipinski definition) is 3. The van der Waals surface area contributed by atoms with E-state index in [-0.39, 0.29) is 12.5 Å². The van der Waals surface area contributed by atoms with Crippen LogP contribution in [0.3, 0.4) is 0 Å². The zero-order valence-electron chi connectivity index (χ0n) is 12.9. The molecule has 0 fully saturated rings. The summed E-state index contributed by atoms with van der Waals surface area (Å²) in [6.07, 6.45) is 0. The molecule has 0 aromatic heterocycles. The Bertz CT molecular complexity index is 508. The molecule has 0 radical (unpaired) electrons. The van der Waals surface area contributed by atoms with Crippen molar-refractivity contribution in [3.05, 3.63) is 34.3 Å². The van der Waals surface area contributed by atoms with E-state index >= 15 is 0 Å². The van der Waals surface area contributed by atoms with Crippen LogP contribution in [-0.2, 0) is 20.9 Å². The SMILES string of the molecule is CCOC(=O)C(C(=O)NCc1ccccc1Br)C(C)(C)C. The molecule has 0 heterocycles. The van der Waals surface area contributed by atoms with Gasteiger partial charge in [-0.1, -0.05) is 54.9 Å². The van der Waals surface area contributed by atoms with Gasteiger partial charge in [-0.25, -0.2) is 0 Å². The first kappa shape index (κ1) is 17.7. The van der Waals surface area contributed by atoms with Gasteiger partial charge in [0.05, 0.1) is 6.61 Å². The summed E-state index contributed by atoms with van der Waals surface area (Å²) in [6, 6.07) is 7.64. The van der Waals surface area contributed by atoms with Gasteiger partial charge >= 0.3 is 5.97 Å². The molecule has 0 aliphatic carbocycles. The average molecular weight is 356 g/mol. The quantitative estimate of drug-likeness (QED) is 0.651. The van der Waals surface area contributed by atoms with E-state index in [0.717, 1.165) is 10.0 Å². The summed E-state index contributed by atoms with van der Waals surface area (Å²) in [6.45, 7) is 7.93. The van der Waals surface area contributed by atoms with Crippen molar-refractivity contribution in [2.75, 3.05) is 6.61 Å². The summed E-state index contributed by atoms with van der Waals surface area (Å²) >= 11 is 3.43. The Kier molecular flexibility index (Phi) is 6.40. The Hall–Kier alpha value is -1.36. The molecule has 0 aliphatic heterocycles. The van der Waals surface area contributed by atoms with E-state index in [2.05, 4.69) is 21.2 Å². The molecular formula is C16H22BrNO3. The lowest BCUT2D eigenvalue weighted by Crippen LogP contribution is -2.43. The van der Waals surface area contributed by atoms with E-state index in [0.29, 0.717) is 6.54 Å². The van der Waals surface area contributed by atoms with Crippen LogP contribution in [0.5, 0.6) is 0 Å². The molecule has 0 bridgehead atoms. The lowest BCUT2D eigenvalue weighted by molar-refractivity contribution is -0.156. The molecule has 5 heteroatoms. The van der Waals surface area contributed by atoms with Gasteiger partial charge in [-0.05, 0) is 24.0 Å². The van der Waals surface area contributed by atoms with Gasteiger partial charge in [0.2, 0.25) is 5.91 Å². The first-order chi connectivity index (χ1) is 9.77. The van der Waals surface area contributed by atoms with Gasteiger partial charge in [-0.15, -0.1) is 0 Å². The molecule has 1 rings (SSSR count). The highest BCUT2D eigenvalue weighted by Crippen LogP contribution is 2.27. The molecule has 116 valence electrons. The van der Waals surface area contributed by atoms with Gasteiger partial charge in [0, 0.05) is 11.0 Å². The third-order valence-electron chi connectivity index (χ3n) is 3.06. The molecular weight excluding hydrogens is 334 g/mol. The zero-order chi connectivity index (χ0) is 16.0. The van der Waals surface area contributed by atoms with E-state index in [9.17, 15) is 9.59 Å². The van der Waals surface area contributed by atoms with Crippen molar-refractivity contribution >= 4 is 27.8 Å². The van der Waals surface area contributed by atoms with Gasteiger partial charge in [-0.3, -0.25) is 9.59 Å². The maximum Gasteiger partial charge on any atom is 0.319 e. The van der Waals surface area contributed by atoms with E-state index in [1.54, 1.807) is 6.92 Å². The Labute approximate surface area is 134 Å². The summed E-state index contributed by atoms with van der Waals surface area (Å²) in [4.78, 5) is 24.4. The average Bonchev–Trinajstić information content (AvgIpc) is 2.36. The first-order valence-corrected chi connectivity index (χ1v) is 7.74. The second-order valence-electron chi connectivity index (χ2n) is 5.86. The fourth-order valence-corrected chi connectivity index (χ4v) is 2.43. The predicted octanol–water partition coefficient (Wildman–Crippen LogP) is 3.29. The van der Waals surface area contributed by atoms with Crippen LogP contribution in [0.15, 0.2) is 28.7 Å². The van der Waals surface area contributed by atoms with Crippen LogP contribution in [0.1, 0.15) is 33.3 Å². The van der Waals surface area contributed by atoms with Crippen LogP contribution in [0.25, 0.3) is 0 Å². The van der Waals surface area contributed by atoms with Crippen LogP contribution in [0.2, 0.25) is 0 Å². The summed E-state index contributed by atoms with van der Waals surface area (Å²) < 4.78 is 5.94. The number of amides is 1. The second kappa shape index (κ2) is 7.59. The lowest BCUT2D eigenvalue weighted by Gasteiger charge is -2.27. The number of carbonyl (C=O) groups excluding carboxylic acids is 2. The molecule has 1 amide bonds.